The number of benzene rings is 2. The second kappa shape index (κ2) is 11.5. The summed E-state index contributed by atoms with van der Waals surface area (Å²) in [6.07, 6.45) is 6.55. The molecular weight excluding hydrogens is 431 g/mol. The van der Waals surface area contributed by atoms with E-state index in [9.17, 15) is 9.18 Å². The molecule has 6 nitrogen and oxygen atoms in total. The fourth-order valence-electron chi connectivity index (χ4n) is 4.74. The summed E-state index contributed by atoms with van der Waals surface area (Å²) in [5, 5.41) is 2.95. The van der Waals surface area contributed by atoms with Gasteiger partial charge in [-0.1, -0.05) is 25.3 Å². The lowest BCUT2D eigenvalue weighted by molar-refractivity contribution is 0.0943. The summed E-state index contributed by atoms with van der Waals surface area (Å²) in [4.78, 5) is 22.5. The average Bonchev–Trinajstić information content (AvgIpc) is 2.87. The third kappa shape index (κ3) is 6.14. The predicted molar refractivity (Wildman–Crippen MR) is 133 cm³/mol. The minimum Gasteiger partial charge on any atom is -0.494 e. The molecular formula is C27H35FN4O2. The van der Waals surface area contributed by atoms with Crippen LogP contribution in [0.3, 0.4) is 0 Å². The first-order valence-electron chi connectivity index (χ1n) is 12.4. The summed E-state index contributed by atoms with van der Waals surface area (Å²) in [5.74, 6) is 0.527. The normalized spacial score (nSPS) is 18.1. The summed E-state index contributed by atoms with van der Waals surface area (Å²) in [5.41, 5.74) is 1.52. The summed E-state index contributed by atoms with van der Waals surface area (Å²) >= 11 is 0. The number of carbonyl (C=O) groups is 1. The predicted octanol–water partition coefficient (Wildman–Crippen LogP) is 4.90. The molecule has 2 aromatic carbocycles. The van der Waals surface area contributed by atoms with Gasteiger partial charge < -0.3 is 9.64 Å². The molecule has 2 aliphatic rings. The van der Waals surface area contributed by atoms with Gasteiger partial charge in [0.2, 0.25) is 5.96 Å². The molecule has 0 bridgehead atoms. The number of guanidine groups is 1. The number of nitrogens with one attached hydrogen (secondary N) is 1. The topological polar surface area (TPSA) is 57.2 Å². The lowest BCUT2D eigenvalue weighted by Gasteiger charge is -2.41. The average molecular weight is 467 g/mol. The molecule has 2 aromatic rings. The van der Waals surface area contributed by atoms with Crippen molar-refractivity contribution in [2.45, 2.75) is 52.0 Å². The fraction of sp³-hybridized carbons (Fsp3) is 0.481. The largest absolute Gasteiger partial charge is 0.494 e. The van der Waals surface area contributed by atoms with E-state index in [0.717, 1.165) is 37.6 Å². The maximum atomic E-state index is 14.1. The highest BCUT2D eigenvalue weighted by Gasteiger charge is 2.27. The molecule has 2 fully saturated rings. The number of carbonyl (C=O) groups excluding carboxylic acids is 1. The highest BCUT2D eigenvalue weighted by molar-refractivity contribution is 6.06. The first-order chi connectivity index (χ1) is 16.5. The number of ether oxygens (including phenoxy) is 1. The number of amides is 1. The minimum absolute atomic E-state index is 0.281. The number of nitrogens with zero attached hydrogens (tertiary/aromatic N) is 3. The Balaban J connectivity index is 1.51. The number of aliphatic imine (C=N–C) groups is 1. The summed E-state index contributed by atoms with van der Waals surface area (Å²) < 4.78 is 19.6. The van der Waals surface area contributed by atoms with Gasteiger partial charge in [0.05, 0.1) is 12.3 Å². The van der Waals surface area contributed by atoms with Gasteiger partial charge >= 0.3 is 0 Å². The first kappa shape index (κ1) is 24.2. The van der Waals surface area contributed by atoms with Crippen LogP contribution in [0.15, 0.2) is 47.5 Å². The third-order valence-corrected chi connectivity index (χ3v) is 6.75. The highest BCUT2D eigenvalue weighted by Crippen LogP contribution is 2.24. The Morgan fingerprint density at radius 1 is 1.06 bits per heavy atom. The van der Waals surface area contributed by atoms with Gasteiger partial charge in [-0.15, -0.1) is 0 Å². The van der Waals surface area contributed by atoms with Crippen LogP contribution in [0.5, 0.6) is 5.75 Å². The van der Waals surface area contributed by atoms with Gasteiger partial charge in [-0.2, -0.15) is 0 Å². The van der Waals surface area contributed by atoms with Crippen molar-refractivity contribution < 1.29 is 13.9 Å². The van der Waals surface area contributed by atoms with Crippen LogP contribution in [0.4, 0.5) is 10.1 Å². The fourth-order valence-corrected chi connectivity index (χ4v) is 4.74. The standard InChI is InChI=1S/C27H35FN4O2/c1-3-34-24-13-11-22(12-14-24)29-27(30-26(33)21-10-9-20(2)25(28)19-21)32-17-15-31(16-18-32)23-7-5-4-6-8-23/h9-14,19,23H,3-8,15-18H2,1-2H3,(H,29,30,33). The third-order valence-electron chi connectivity index (χ3n) is 6.75. The molecule has 7 heteroatoms. The smallest absolute Gasteiger partial charge is 0.258 e. The molecule has 0 aromatic heterocycles. The van der Waals surface area contributed by atoms with E-state index in [4.69, 9.17) is 9.73 Å². The molecule has 182 valence electrons. The molecule has 1 N–H and O–H groups in total. The van der Waals surface area contributed by atoms with Crippen molar-refractivity contribution in [1.82, 2.24) is 15.1 Å². The SMILES string of the molecule is CCOc1ccc(N=C(NC(=O)c2ccc(C)c(F)c2)N2CCN(C3CCCCC3)CC2)cc1. The van der Waals surface area contributed by atoms with Gasteiger partial charge in [-0.3, -0.25) is 15.0 Å². The molecule has 4 rings (SSSR count). The monoisotopic (exact) mass is 466 g/mol. The van der Waals surface area contributed by atoms with Crippen molar-refractivity contribution in [1.29, 1.82) is 0 Å². The van der Waals surface area contributed by atoms with Crippen LogP contribution in [0, 0.1) is 12.7 Å². The van der Waals surface area contributed by atoms with E-state index in [0.29, 0.717) is 24.2 Å². The number of halogens is 1. The Kier molecular flexibility index (Phi) is 8.16. The lowest BCUT2D eigenvalue weighted by Crippen LogP contribution is -2.55. The molecule has 1 heterocycles. The molecule has 0 unspecified atom stereocenters. The van der Waals surface area contributed by atoms with Crippen LogP contribution in [-0.4, -0.2) is 60.5 Å². The maximum absolute atomic E-state index is 14.1. The molecule has 1 aliphatic heterocycles. The zero-order chi connectivity index (χ0) is 23.9. The van der Waals surface area contributed by atoms with Crippen molar-refractivity contribution in [2.24, 2.45) is 4.99 Å². The van der Waals surface area contributed by atoms with E-state index >= 15 is 0 Å². The van der Waals surface area contributed by atoms with Crippen molar-refractivity contribution in [2.75, 3.05) is 32.8 Å². The Hall–Kier alpha value is -2.93. The van der Waals surface area contributed by atoms with E-state index in [1.165, 1.54) is 38.2 Å². The summed E-state index contributed by atoms with van der Waals surface area (Å²) in [6.45, 7) is 7.69. The lowest BCUT2D eigenvalue weighted by atomic mass is 9.94. The van der Waals surface area contributed by atoms with Crippen LogP contribution in [0.1, 0.15) is 54.9 Å². The number of hydrogen-bond donors (Lipinski definition) is 1. The molecule has 0 spiro atoms. The van der Waals surface area contributed by atoms with Crippen molar-refractivity contribution in [3.63, 3.8) is 0 Å². The quantitative estimate of drug-likeness (QED) is 0.503. The molecule has 1 saturated heterocycles. The molecule has 1 amide bonds. The first-order valence-corrected chi connectivity index (χ1v) is 12.4. The summed E-state index contributed by atoms with van der Waals surface area (Å²) in [7, 11) is 0. The number of aryl methyl sites for hydroxylation is 1. The van der Waals surface area contributed by atoms with Crippen molar-refractivity contribution in [3.8, 4) is 5.75 Å². The second-order valence-electron chi connectivity index (χ2n) is 9.10. The Morgan fingerprint density at radius 2 is 1.76 bits per heavy atom. The maximum Gasteiger partial charge on any atom is 0.258 e. The molecule has 1 saturated carbocycles. The van der Waals surface area contributed by atoms with Gasteiger partial charge in [-0.25, -0.2) is 9.38 Å². The zero-order valence-electron chi connectivity index (χ0n) is 20.2. The van der Waals surface area contributed by atoms with Crippen LogP contribution in [0.25, 0.3) is 0 Å². The van der Waals surface area contributed by atoms with E-state index in [1.54, 1.807) is 19.1 Å². The molecule has 1 aliphatic carbocycles. The minimum atomic E-state index is -0.390. The number of piperazine rings is 1. The van der Waals surface area contributed by atoms with Crippen molar-refractivity contribution in [3.05, 3.63) is 59.4 Å². The Labute approximate surface area is 201 Å². The second-order valence-corrected chi connectivity index (χ2v) is 9.10. The van der Waals surface area contributed by atoms with Crippen LogP contribution < -0.4 is 10.1 Å². The van der Waals surface area contributed by atoms with E-state index in [-0.39, 0.29) is 11.5 Å². The molecule has 34 heavy (non-hydrogen) atoms. The molecule has 0 radical (unpaired) electrons. The van der Waals surface area contributed by atoms with Crippen LogP contribution in [0.2, 0.25) is 0 Å². The van der Waals surface area contributed by atoms with E-state index < -0.39 is 5.82 Å². The van der Waals surface area contributed by atoms with Gasteiger partial charge in [0.1, 0.15) is 11.6 Å². The highest BCUT2D eigenvalue weighted by atomic mass is 19.1. The van der Waals surface area contributed by atoms with Crippen LogP contribution in [-0.2, 0) is 0 Å². The van der Waals surface area contributed by atoms with Gasteiger partial charge in [-0.05, 0) is 68.7 Å². The van der Waals surface area contributed by atoms with Crippen LogP contribution >= 0.6 is 0 Å². The van der Waals surface area contributed by atoms with E-state index in [1.807, 2.05) is 31.2 Å². The number of hydrogen-bond acceptors (Lipinski definition) is 4. The van der Waals surface area contributed by atoms with Gasteiger partial charge in [0, 0.05) is 37.8 Å². The van der Waals surface area contributed by atoms with E-state index in [2.05, 4.69) is 15.1 Å². The Morgan fingerprint density at radius 3 is 2.41 bits per heavy atom. The zero-order valence-corrected chi connectivity index (χ0v) is 20.2. The van der Waals surface area contributed by atoms with Gasteiger partial charge in [0.25, 0.3) is 5.91 Å². The molecule has 0 atom stereocenters. The van der Waals surface area contributed by atoms with Crippen molar-refractivity contribution >= 4 is 17.6 Å². The Bertz CT molecular complexity index is 994. The summed E-state index contributed by atoms with van der Waals surface area (Å²) in [6, 6.07) is 12.7. The van der Waals surface area contributed by atoms with Gasteiger partial charge in [0.15, 0.2) is 0 Å². The number of rotatable bonds is 5.